The van der Waals surface area contributed by atoms with E-state index in [1.165, 1.54) is 13.0 Å². The second-order valence-electron chi connectivity index (χ2n) is 5.55. The summed E-state index contributed by atoms with van der Waals surface area (Å²) < 4.78 is 10.7. The minimum Gasteiger partial charge on any atom is -0.486 e. The third-order valence-corrected chi connectivity index (χ3v) is 3.57. The van der Waals surface area contributed by atoms with E-state index in [2.05, 4.69) is 15.5 Å². The Kier molecular flexibility index (Phi) is 5.38. The molecule has 1 N–H and O–H groups in total. The quantitative estimate of drug-likeness (QED) is 0.658. The van der Waals surface area contributed by atoms with Crippen molar-refractivity contribution in [2.45, 2.75) is 20.1 Å². The van der Waals surface area contributed by atoms with E-state index in [4.69, 9.17) is 9.26 Å². The molecule has 0 unspecified atom stereocenters. The number of Topliss-reactive ketones (excluding diaryl/α,β-unsaturated/α-hetero) is 1. The highest BCUT2D eigenvalue weighted by atomic mass is 16.5. The standard InChI is InChI=1S/C19H17N3O4/c1-13(23)14-5-4-7-16(9-14)25-12-17-10-18(22-26-17)19(24)21-11-15-6-2-3-8-20-15/h2-10H,11-12H2,1H3,(H,21,24). The van der Waals surface area contributed by atoms with Crippen LogP contribution in [-0.4, -0.2) is 21.8 Å². The molecule has 0 bridgehead atoms. The van der Waals surface area contributed by atoms with Gasteiger partial charge in [-0.05, 0) is 31.2 Å². The number of amides is 1. The monoisotopic (exact) mass is 351 g/mol. The van der Waals surface area contributed by atoms with Gasteiger partial charge >= 0.3 is 0 Å². The minimum absolute atomic E-state index is 0.0398. The summed E-state index contributed by atoms with van der Waals surface area (Å²) in [5.74, 6) is 0.544. The van der Waals surface area contributed by atoms with Crippen LogP contribution >= 0.6 is 0 Å². The highest BCUT2D eigenvalue weighted by Gasteiger charge is 2.13. The van der Waals surface area contributed by atoms with Gasteiger partial charge in [0.05, 0.1) is 12.2 Å². The first-order chi connectivity index (χ1) is 12.6. The number of pyridine rings is 1. The molecule has 0 aliphatic heterocycles. The van der Waals surface area contributed by atoms with Crippen LogP contribution in [0.3, 0.4) is 0 Å². The Labute approximate surface area is 150 Å². The zero-order valence-corrected chi connectivity index (χ0v) is 14.1. The number of carbonyl (C=O) groups excluding carboxylic acids is 2. The molecule has 3 rings (SSSR count). The molecule has 132 valence electrons. The maximum atomic E-state index is 12.1. The van der Waals surface area contributed by atoms with Gasteiger partial charge in [-0.2, -0.15) is 0 Å². The van der Waals surface area contributed by atoms with Crippen LogP contribution in [0.5, 0.6) is 5.75 Å². The van der Waals surface area contributed by atoms with E-state index in [9.17, 15) is 9.59 Å². The summed E-state index contributed by atoms with van der Waals surface area (Å²) in [6.07, 6.45) is 1.66. The second kappa shape index (κ2) is 8.06. The zero-order valence-electron chi connectivity index (χ0n) is 14.1. The van der Waals surface area contributed by atoms with Crippen LogP contribution in [0.25, 0.3) is 0 Å². The summed E-state index contributed by atoms with van der Waals surface area (Å²) in [5.41, 5.74) is 1.48. The van der Waals surface area contributed by atoms with Gasteiger partial charge in [0.1, 0.15) is 12.4 Å². The first-order valence-corrected chi connectivity index (χ1v) is 7.99. The van der Waals surface area contributed by atoms with E-state index in [0.717, 1.165) is 5.69 Å². The molecule has 1 aromatic carbocycles. The van der Waals surface area contributed by atoms with Crippen LogP contribution in [0.1, 0.15) is 39.2 Å². The number of nitrogens with one attached hydrogen (secondary N) is 1. The molecule has 0 aliphatic rings. The predicted molar refractivity (Wildman–Crippen MR) is 92.7 cm³/mol. The number of rotatable bonds is 7. The molecule has 0 spiro atoms. The molecule has 0 saturated carbocycles. The molecule has 2 heterocycles. The summed E-state index contributed by atoms with van der Waals surface area (Å²) >= 11 is 0. The number of nitrogens with zero attached hydrogens (tertiary/aromatic N) is 2. The number of hydrogen-bond donors (Lipinski definition) is 1. The van der Waals surface area contributed by atoms with E-state index in [-0.39, 0.29) is 24.0 Å². The van der Waals surface area contributed by atoms with Crippen molar-refractivity contribution in [3.8, 4) is 5.75 Å². The number of hydrogen-bond acceptors (Lipinski definition) is 6. The zero-order chi connectivity index (χ0) is 18.4. The molecule has 0 aliphatic carbocycles. The van der Waals surface area contributed by atoms with Crippen molar-refractivity contribution in [2.24, 2.45) is 0 Å². The predicted octanol–water partition coefficient (Wildman–Crippen LogP) is 2.78. The number of aromatic nitrogens is 2. The number of ketones is 1. The van der Waals surface area contributed by atoms with Crippen molar-refractivity contribution in [1.82, 2.24) is 15.5 Å². The molecule has 1 amide bonds. The van der Waals surface area contributed by atoms with Gasteiger partial charge in [-0.1, -0.05) is 23.4 Å². The lowest BCUT2D eigenvalue weighted by atomic mass is 10.1. The van der Waals surface area contributed by atoms with Crippen molar-refractivity contribution < 1.29 is 18.8 Å². The highest BCUT2D eigenvalue weighted by molar-refractivity contribution is 5.94. The van der Waals surface area contributed by atoms with Crippen molar-refractivity contribution in [3.63, 3.8) is 0 Å². The fourth-order valence-electron chi connectivity index (χ4n) is 2.21. The summed E-state index contributed by atoms with van der Waals surface area (Å²) in [7, 11) is 0. The third kappa shape index (κ3) is 4.54. The SMILES string of the molecule is CC(=O)c1cccc(OCc2cc(C(=O)NCc3ccccn3)no2)c1. The lowest BCUT2D eigenvalue weighted by molar-refractivity contribution is 0.0940. The number of carbonyl (C=O) groups is 2. The summed E-state index contributed by atoms with van der Waals surface area (Å²) in [5, 5.41) is 6.46. The minimum atomic E-state index is -0.357. The van der Waals surface area contributed by atoms with Crippen molar-refractivity contribution in [3.05, 3.63) is 77.4 Å². The largest absolute Gasteiger partial charge is 0.486 e. The number of benzene rings is 1. The molecule has 7 nitrogen and oxygen atoms in total. The summed E-state index contributed by atoms with van der Waals surface area (Å²) in [6.45, 7) is 1.89. The van der Waals surface area contributed by atoms with Crippen molar-refractivity contribution >= 4 is 11.7 Å². The van der Waals surface area contributed by atoms with Gasteiger partial charge in [0.2, 0.25) is 0 Å². The Bertz CT molecular complexity index is 906. The molecule has 0 saturated heterocycles. The van der Waals surface area contributed by atoms with Gasteiger partial charge in [0, 0.05) is 17.8 Å². The van der Waals surface area contributed by atoms with Gasteiger partial charge in [0.15, 0.2) is 17.2 Å². The second-order valence-corrected chi connectivity index (χ2v) is 5.55. The van der Waals surface area contributed by atoms with Gasteiger partial charge in [-0.3, -0.25) is 14.6 Å². The van der Waals surface area contributed by atoms with Crippen molar-refractivity contribution in [2.75, 3.05) is 0 Å². The van der Waals surface area contributed by atoms with Gasteiger partial charge in [-0.15, -0.1) is 0 Å². The fourth-order valence-corrected chi connectivity index (χ4v) is 2.21. The van der Waals surface area contributed by atoms with E-state index in [0.29, 0.717) is 23.6 Å². The Morgan fingerprint density at radius 1 is 1.15 bits per heavy atom. The maximum absolute atomic E-state index is 12.1. The third-order valence-electron chi connectivity index (χ3n) is 3.57. The van der Waals surface area contributed by atoms with Crippen LogP contribution in [0.15, 0.2) is 59.3 Å². The molecular formula is C19H17N3O4. The molecule has 0 atom stereocenters. The van der Waals surface area contributed by atoms with Gasteiger partial charge in [0.25, 0.3) is 5.91 Å². The molecule has 0 radical (unpaired) electrons. The van der Waals surface area contributed by atoms with Crippen LogP contribution in [-0.2, 0) is 13.2 Å². The average molecular weight is 351 g/mol. The van der Waals surface area contributed by atoms with Crippen LogP contribution in [0.2, 0.25) is 0 Å². The van der Waals surface area contributed by atoms with Gasteiger partial charge < -0.3 is 14.6 Å². The Balaban J connectivity index is 1.55. The van der Waals surface area contributed by atoms with E-state index in [1.54, 1.807) is 36.5 Å². The smallest absolute Gasteiger partial charge is 0.273 e. The Morgan fingerprint density at radius 3 is 2.81 bits per heavy atom. The Hall–Kier alpha value is -3.48. The van der Waals surface area contributed by atoms with E-state index < -0.39 is 0 Å². The van der Waals surface area contributed by atoms with Gasteiger partial charge in [-0.25, -0.2) is 0 Å². The first-order valence-electron chi connectivity index (χ1n) is 7.99. The lowest BCUT2D eigenvalue weighted by Gasteiger charge is -2.04. The summed E-state index contributed by atoms with van der Waals surface area (Å²) in [6, 6.07) is 13.8. The maximum Gasteiger partial charge on any atom is 0.273 e. The average Bonchev–Trinajstić information content (AvgIpc) is 3.15. The Morgan fingerprint density at radius 2 is 2.04 bits per heavy atom. The fraction of sp³-hybridized carbons (Fsp3) is 0.158. The molecule has 2 aromatic heterocycles. The molecule has 0 fully saturated rings. The van der Waals surface area contributed by atoms with Crippen LogP contribution in [0.4, 0.5) is 0 Å². The molecular weight excluding hydrogens is 334 g/mol. The molecule has 26 heavy (non-hydrogen) atoms. The number of ether oxygens (including phenoxy) is 1. The van der Waals surface area contributed by atoms with E-state index >= 15 is 0 Å². The molecule has 3 aromatic rings. The van der Waals surface area contributed by atoms with Crippen molar-refractivity contribution in [1.29, 1.82) is 0 Å². The topological polar surface area (TPSA) is 94.3 Å². The normalized spacial score (nSPS) is 10.3. The lowest BCUT2D eigenvalue weighted by Crippen LogP contribution is -2.23. The van der Waals surface area contributed by atoms with Crippen LogP contribution in [0, 0.1) is 0 Å². The molecule has 7 heteroatoms. The first kappa shape index (κ1) is 17.3. The highest BCUT2D eigenvalue weighted by Crippen LogP contribution is 2.16. The van der Waals surface area contributed by atoms with E-state index in [1.807, 2.05) is 12.1 Å². The summed E-state index contributed by atoms with van der Waals surface area (Å²) in [4.78, 5) is 27.6. The van der Waals surface area contributed by atoms with Crippen LogP contribution < -0.4 is 10.1 Å².